The lowest BCUT2D eigenvalue weighted by Gasteiger charge is -2.21. The quantitative estimate of drug-likeness (QED) is 0.425. The van der Waals surface area contributed by atoms with Crippen LogP contribution in [0.25, 0.3) is 10.9 Å². The molecule has 4 rings (SSSR count). The van der Waals surface area contributed by atoms with Gasteiger partial charge in [0.1, 0.15) is 11.6 Å². The molecule has 1 aliphatic rings. The zero-order chi connectivity index (χ0) is 21.1. The van der Waals surface area contributed by atoms with Crippen LogP contribution in [0.1, 0.15) is 11.1 Å². The molecule has 2 heterocycles. The van der Waals surface area contributed by atoms with E-state index in [1.165, 1.54) is 0 Å². The Labute approximate surface area is 177 Å². The highest BCUT2D eigenvalue weighted by Gasteiger charge is 2.25. The average Bonchev–Trinajstić information content (AvgIpc) is 2.90. The first-order chi connectivity index (χ1) is 14.5. The van der Waals surface area contributed by atoms with Crippen LogP contribution in [0, 0.1) is 6.92 Å². The molecule has 1 atom stereocenters. The number of rotatable bonds is 5. The molecule has 3 aromatic rings. The molecule has 1 aliphatic heterocycles. The fraction of sp³-hybridized carbons (Fsp3) is 0.286. The minimum atomic E-state index is -1.06. The maximum absolute atomic E-state index is 12.6. The van der Waals surface area contributed by atoms with Crippen LogP contribution in [0.4, 0.5) is 16.6 Å². The van der Waals surface area contributed by atoms with Crippen LogP contribution < -0.4 is 15.5 Å². The average molecular weight is 426 g/mol. The summed E-state index contributed by atoms with van der Waals surface area (Å²) in [4.78, 5) is 23.1. The molecule has 156 valence electrons. The second kappa shape index (κ2) is 8.76. The minimum absolute atomic E-state index is 0.262. The summed E-state index contributed by atoms with van der Waals surface area (Å²) in [6.45, 7) is 3.83. The van der Waals surface area contributed by atoms with Crippen molar-refractivity contribution in [3.63, 3.8) is 0 Å². The van der Waals surface area contributed by atoms with Crippen molar-refractivity contribution in [2.75, 3.05) is 35.6 Å². The summed E-state index contributed by atoms with van der Waals surface area (Å²) >= 11 is -1.05. The third-order valence-corrected chi connectivity index (χ3v) is 6.38. The Bertz CT molecular complexity index is 1080. The molecule has 0 saturated carbocycles. The molecule has 30 heavy (non-hydrogen) atoms. The lowest BCUT2D eigenvalue weighted by Crippen LogP contribution is -2.29. The van der Waals surface area contributed by atoms with Crippen molar-refractivity contribution in [3.05, 3.63) is 53.6 Å². The molecule has 0 aliphatic carbocycles. The highest BCUT2D eigenvalue weighted by Crippen LogP contribution is 2.28. The number of amides is 1. The van der Waals surface area contributed by atoms with E-state index in [0.29, 0.717) is 37.2 Å². The highest BCUT2D eigenvalue weighted by molar-refractivity contribution is 7.91. The number of benzene rings is 2. The summed E-state index contributed by atoms with van der Waals surface area (Å²) in [5.41, 5.74) is 2.91. The van der Waals surface area contributed by atoms with Gasteiger partial charge in [0.25, 0.3) is 0 Å². The van der Waals surface area contributed by atoms with Crippen LogP contribution in [-0.2, 0) is 17.7 Å². The second-order valence-corrected chi connectivity index (χ2v) is 8.67. The van der Waals surface area contributed by atoms with Crippen LogP contribution in [0.5, 0.6) is 0 Å². The van der Waals surface area contributed by atoms with Gasteiger partial charge in [-0.15, -0.1) is 0 Å². The first-order valence-corrected chi connectivity index (χ1v) is 11.0. The molecule has 0 fully saturated rings. The van der Waals surface area contributed by atoms with Crippen molar-refractivity contribution in [1.29, 1.82) is 0 Å². The molecule has 1 unspecified atom stereocenters. The minimum Gasteiger partial charge on any atom is -0.611 e. The van der Waals surface area contributed by atoms with Crippen molar-refractivity contribution >= 4 is 39.9 Å². The lowest BCUT2D eigenvalue weighted by molar-refractivity contribution is 0.195. The number of hydrogen-bond acceptors (Lipinski definition) is 6. The molecule has 2 aromatic carbocycles. The SMILES string of the molecule is Cc1ccc2nc(N3CC[S+]([O-])c4ccccc4C3)nc(NCCNC(=O)O)c2c1. The Morgan fingerprint density at radius 3 is 2.90 bits per heavy atom. The van der Waals surface area contributed by atoms with Crippen molar-refractivity contribution in [2.45, 2.75) is 18.4 Å². The zero-order valence-corrected chi connectivity index (χ0v) is 17.4. The molecule has 0 saturated heterocycles. The summed E-state index contributed by atoms with van der Waals surface area (Å²) < 4.78 is 12.6. The van der Waals surface area contributed by atoms with Gasteiger partial charge >= 0.3 is 6.09 Å². The first-order valence-electron chi connectivity index (χ1n) is 9.71. The van der Waals surface area contributed by atoms with Gasteiger partial charge < -0.3 is 25.2 Å². The third kappa shape index (κ3) is 4.42. The van der Waals surface area contributed by atoms with Gasteiger partial charge in [0.05, 0.1) is 18.6 Å². The predicted octanol–water partition coefficient (Wildman–Crippen LogP) is 2.75. The number of carbonyl (C=O) groups is 1. The zero-order valence-electron chi connectivity index (χ0n) is 16.6. The van der Waals surface area contributed by atoms with E-state index in [2.05, 4.69) is 10.6 Å². The number of hydrogen-bond donors (Lipinski definition) is 3. The number of nitrogens with zero attached hydrogens (tertiary/aromatic N) is 3. The lowest BCUT2D eigenvalue weighted by atomic mass is 10.1. The van der Waals surface area contributed by atoms with E-state index >= 15 is 0 Å². The molecular formula is C21H23N5O3S. The molecule has 1 amide bonds. The van der Waals surface area contributed by atoms with Crippen LogP contribution in [0.3, 0.4) is 0 Å². The molecule has 0 spiro atoms. The summed E-state index contributed by atoms with van der Waals surface area (Å²) in [6, 6.07) is 13.7. The highest BCUT2D eigenvalue weighted by atomic mass is 32.2. The molecule has 9 heteroatoms. The van der Waals surface area contributed by atoms with Gasteiger partial charge in [-0.25, -0.2) is 9.78 Å². The molecular weight excluding hydrogens is 402 g/mol. The monoisotopic (exact) mass is 425 g/mol. The van der Waals surface area contributed by atoms with Crippen molar-refractivity contribution in [1.82, 2.24) is 15.3 Å². The van der Waals surface area contributed by atoms with E-state index in [1.807, 2.05) is 54.3 Å². The Balaban J connectivity index is 1.67. The van der Waals surface area contributed by atoms with Gasteiger partial charge in [-0.2, -0.15) is 4.98 Å². The van der Waals surface area contributed by atoms with Crippen molar-refractivity contribution in [3.8, 4) is 0 Å². The van der Waals surface area contributed by atoms with E-state index in [9.17, 15) is 9.35 Å². The van der Waals surface area contributed by atoms with E-state index in [4.69, 9.17) is 15.1 Å². The molecule has 0 bridgehead atoms. The number of aryl methyl sites for hydroxylation is 1. The Morgan fingerprint density at radius 1 is 1.23 bits per heavy atom. The number of anilines is 2. The number of aromatic nitrogens is 2. The molecule has 8 nitrogen and oxygen atoms in total. The largest absolute Gasteiger partial charge is 0.611 e. The summed E-state index contributed by atoms with van der Waals surface area (Å²) in [6.07, 6.45) is -1.06. The maximum atomic E-state index is 12.6. The van der Waals surface area contributed by atoms with Crippen LogP contribution in [0.15, 0.2) is 47.4 Å². The van der Waals surface area contributed by atoms with Crippen LogP contribution in [0.2, 0.25) is 0 Å². The van der Waals surface area contributed by atoms with Gasteiger partial charge in [-0.3, -0.25) is 0 Å². The van der Waals surface area contributed by atoms with Gasteiger partial charge in [0, 0.05) is 24.0 Å². The van der Waals surface area contributed by atoms with Gasteiger partial charge in [0.15, 0.2) is 4.90 Å². The standard InChI is InChI=1S/C21H23N5O3S/c1-14-6-7-17-16(12-14)19(22-8-9-23-21(27)28)25-20(24-17)26-10-11-30(29)18-5-3-2-4-15(18)13-26/h2-7,12,23H,8-11,13H2,1H3,(H,27,28)(H,22,24,25). The Morgan fingerprint density at radius 2 is 2.07 bits per heavy atom. The number of nitrogens with one attached hydrogen (secondary N) is 2. The number of carboxylic acid groups (broad SMARTS) is 1. The van der Waals surface area contributed by atoms with E-state index < -0.39 is 17.3 Å². The Hall–Kier alpha value is -3.04. The van der Waals surface area contributed by atoms with Crippen molar-refractivity contribution in [2.24, 2.45) is 0 Å². The summed E-state index contributed by atoms with van der Waals surface area (Å²) in [5.74, 6) is 1.73. The normalized spacial score (nSPS) is 16.1. The first kappa shape index (κ1) is 20.2. The van der Waals surface area contributed by atoms with Gasteiger partial charge in [0.2, 0.25) is 5.95 Å². The van der Waals surface area contributed by atoms with E-state index in [1.54, 1.807) is 0 Å². The van der Waals surface area contributed by atoms with Crippen molar-refractivity contribution < 1.29 is 14.5 Å². The van der Waals surface area contributed by atoms with Crippen LogP contribution >= 0.6 is 0 Å². The smallest absolute Gasteiger partial charge is 0.404 e. The van der Waals surface area contributed by atoms with E-state index in [-0.39, 0.29) is 6.54 Å². The van der Waals surface area contributed by atoms with Crippen LogP contribution in [-0.4, -0.2) is 51.1 Å². The fourth-order valence-corrected chi connectivity index (χ4v) is 4.73. The fourth-order valence-electron chi connectivity index (χ4n) is 3.47. The number of fused-ring (bicyclic) bond motifs is 2. The summed E-state index contributed by atoms with van der Waals surface area (Å²) in [5, 5.41) is 15.2. The van der Waals surface area contributed by atoms with Gasteiger partial charge in [-0.05, 0) is 36.3 Å². The molecule has 3 N–H and O–H groups in total. The van der Waals surface area contributed by atoms with E-state index in [0.717, 1.165) is 26.9 Å². The topological polar surface area (TPSA) is 113 Å². The Kier molecular flexibility index (Phi) is 5.91. The van der Waals surface area contributed by atoms with Gasteiger partial charge in [-0.1, -0.05) is 29.8 Å². The summed E-state index contributed by atoms with van der Waals surface area (Å²) in [7, 11) is 0. The molecule has 1 aromatic heterocycles. The third-order valence-electron chi connectivity index (χ3n) is 4.94. The predicted molar refractivity (Wildman–Crippen MR) is 118 cm³/mol. The molecule has 0 radical (unpaired) electrons. The second-order valence-electron chi connectivity index (χ2n) is 7.13. The maximum Gasteiger partial charge on any atom is 0.404 e.